The number of nitrogens with zero attached hydrogens (tertiary/aromatic N) is 2. The SMILES string of the molecule is CN=C(C=CN)c1cc(NC(=O)c2ccc(C(F)(F)F)cc2)ccc1OCCN1CCCC1. The summed E-state index contributed by atoms with van der Waals surface area (Å²) in [5, 5.41) is 2.71. The van der Waals surface area contributed by atoms with E-state index >= 15 is 0 Å². The topological polar surface area (TPSA) is 79.9 Å². The fourth-order valence-electron chi connectivity index (χ4n) is 3.61. The summed E-state index contributed by atoms with van der Waals surface area (Å²) >= 11 is 0. The first-order valence-corrected chi connectivity index (χ1v) is 10.6. The first-order chi connectivity index (χ1) is 15.8. The molecular formula is C24H27F3N4O2. The number of carbonyl (C=O) groups is 1. The van der Waals surface area contributed by atoms with Gasteiger partial charge in [0, 0.05) is 30.4 Å². The van der Waals surface area contributed by atoms with E-state index < -0.39 is 17.6 Å². The number of hydrogen-bond acceptors (Lipinski definition) is 5. The number of likely N-dealkylation sites (tertiary alicyclic amines) is 1. The van der Waals surface area contributed by atoms with Crippen LogP contribution in [0.5, 0.6) is 5.75 Å². The number of rotatable bonds is 8. The quantitative estimate of drug-likeness (QED) is 0.575. The summed E-state index contributed by atoms with van der Waals surface area (Å²) in [6.45, 7) is 3.47. The molecule has 3 rings (SSSR count). The molecule has 9 heteroatoms. The van der Waals surface area contributed by atoms with Crippen LogP contribution in [0.2, 0.25) is 0 Å². The monoisotopic (exact) mass is 460 g/mol. The lowest BCUT2D eigenvalue weighted by Crippen LogP contribution is -2.25. The highest BCUT2D eigenvalue weighted by molar-refractivity contribution is 6.12. The zero-order chi connectivity index (χ0) is 23.8. The fraction of sp³-hybridized carbons (Fsp3) is 0.333. The molecular weight excluding hydrogens is 433 g/mol. The Kier molecular flexibility index (Phi) is 8.11. The van der Waals surface area contributed by atoms with Gasteiger partial charge in [-0.2, -0.15) is 13.2 Å². The van der Waals surface area contributed by atoms with Gasteiger partial charge in [0.15, 0.2) is 0 Å². The fourth-order valence-corrected chi connectivity index (χ4v) is 3.61. The van der Waals surface area contributed by atoms with Gasteiger partial charge in [0.1, 0.15) is 12.4 Å². The zero-order valence-electron chi connectivity index (χ0n) is 18.4. The molecule has 1 aliphatic rings. The van der Waals surface area contributed by atoms with Crippen LogP contribution in [0.4, 0.5) is 18.9 Å². The highest BCUT2D eigenvalue weighted by Gasteiger charge is 2.30. The number of allylic oxidation sites excluding steroid dienone is 1. The molecule has 1 aliphatic heterocycles. The van der Waals surface area contributed by atoms with E-state index in [0.717, 1.165) is 43.9 Å². The number of aliphatic imine (C=N–C) groups is 1. The third-order valence-corrected chi connectivity index (χ3v) is 5.35. The Hall–Kier alpha value is -3.33. The van der Waals surface area contributed by atoms with Crippen LogP contribution in [-0.4, -0.2) is 49.8 Å². The van der Waals surface area contributed by atoms with E-state index in [1.54, 1.807) is 31.3 Å². The summed E-state index contributed by atoms with van der Waals surface area (Å²) < 4.78 is 44.3. The average Bonchev–Trinajstić information content (AvgIpc) is 3.31. The van der Waals surface area contributed by atoms with Crippen molar-refractivity contribution in [3.8, 4) is 5.75 Å². The molecule has 1 saturated heterocycles. The molecule has 1 heterocycles. The normalized spacial score (nSPS) is 15.2. The van der Waals surface area contributed by atoms with Gasteiger partial charge in [0.05, 0.1) is 11.3 Å². The molecule has 0 spiro atoms. The third kappa shape index (κ3) is 6.58. The third-order valence-electron chi connectivity index (χ3n) is 5.35. The first kappa shape index (κ1) is 24.3. The molecule has 33 heavy (non-hydrogen) atoms. The summed E-state index contributed by atoms with van der Waals surface area (Å²) in [5.74, 6) is 0.0714. The number of carbonyl (C=O) groups excluding carboxylic acids is 1. The molecule has 2 aromatic carbocycles. The average molecular weight is 461 g/mol. The van der Waals surface area contributed by atoms with E-state index in [0.29, 0.717) is 29.3 Å². The minimum atomic E-state index is -4.46. The molecule has 1 fully saturated rings. The van der Waals surface area contributed by atoms with Gasteiger partial charge in [-0.25, -0.2) is 0 Å². The molecule has 2 aromatic rings. The number of nitrogens with one attached hydrogen (secondary N) is 1. The Balaban J connectivity index is 1.76. The van der Waals surface area contributed by atoms with Crippen LogP contribution in [0.15, 0.2) is 59.7 Å². The number of nitrogens with two attached hydrogens (primary N) is 1. The molecule has 0 radical (unpaired) electrons. The molecule has 0 atom stereocenters. The van der Waals surface area contributed by atoms with Crippen LogP contribution in [0.1, 0.15) is 34.3 Å². The van der Waals surface area contributed by atoms with Crippen molar-refractivity contribution in [3.63, 3.8) is 0 Å². The Morgan fingerprint density at radius 1 is 1.18 bits per heavy atom. The summed E-state index contributed by atoms with van der Waals surface area (Å²) in [6.07, 6.45) is 0.938. The standard InChI is InChI=1S/C24H27F3N4O2/c1-29-21(10-11-28)20-16-19(8-9-22(20)33-15-14-31-12-2-3-13-31)30-23(32)17-4-6-18(7-5-17)24(25,26)27/h4-11,16H,2-3,12-15,28H2,1H3,(H,30,32). The van der Waals surface area contributed by atoms with E-state index in [1.807, 2.05) is 0 Å². The van der Waals surface area contributed by atoms with Crippen molar-refractivity contribution in [2.24, 2.45) is 10.7 Å². The first-order valence-electron chi connectivity index (χ1n) is 10.6. The number of anilines is 1. The lowest BCUT2D eigenvalue weighted by molar-refractivity contribution is -0.137. The van der Waals surface area contributed by atoms with Gasteiger partial charge in [-0.15, -0.1) is 0 Å². The number of hydrogen-bond donors (Lipinski definition) is 2. The minimum absolute atomic E-state index is 0.113. The number of halogens is 3. The summed E-state index contributed by atoms with van der Waals surface area (Å²) in [6, 6.07) is 9.16. The van der Waals surface area contributed by atoms with E-state index in [9.17, 15) is 18.0 Å². The predicted molar refractivity (Wildman–Crippen MR) is 123 cm³/mol. The summed E-state index contributed by atoms with van der Waals surface area (Å²) in [5.41, 5.74) is 6.52. The number of amides is 1. The van der Waals surface area contributed by atoms with Crippen molar-refractivity contribution >= 4 is 17.3 Å². The van der Waals surface area contributed by atoms with Crippen LogP contribution in [0.25, 0.3) is 0 Å². The van der Waals surface area contributed by atoms with E-state index in [4.69, 9.17) is 10.5 Å². The number of ether oxygens (including phenoxy) is 1. The molecule has 0 aliphatic carbocycles. The van der Waals surface area contributed by atoms with Crippen LogP contribution < -0.4 is 15.8 Å². The highest BCUT2D eigenvalue weighted by Crippen LogP contribution is 2.29. The van der Waals surface area contributed by atoms with Gasteiger partial charge in [-0.3, -0.25) is 14.7 Å². The van der Waals surface area contributed by atoms with Crippen molar-refractivity contribution in [1.82, 2.24) is 4.90 Å². The molecule has 1 amide bonds. The summed E-state index contributed by atoms with van der Waals surface area (Å²) in [7, 11) is 1.62. The van der Waals surface area contributed by atoms with E-state index in [2.05, 4.69) is 15.2 Å². The van der Waals surface area contributed by atoms with Crippen LogP contribution in [0.3, 0.4) is 0 Å². The lowest BCUT2D eigenvalue weighted by atomic mass is 10.1. The van der Waals surface area contributed by atoms with Crippen LogP contribution >= 0.6 is 0 Å². The van der Waals surface area contributed by atoms with Crippen molar-refractivity contribution < 1.29 is 22.7 Å². The smallest absolute Gasteiger partial charge is 0.416 e. The van der Waals surface area contributed by atoms with Gasteiger partial charge < -0.3 is 15.8 Å². The predicted octanol–water partition coefficient (Wildman–Crippen LogP) is 4.32. The highest BCUT2D eigenvalue weighted by atomic mass is 19.4. The molecule has 6 nitrogen and oxygen atoms in total. The zero-order valence-corrected chi connectivity index (χ0v) is 18.4. The Bertz CT molecular complexity index is 1010. The summed E-state index contributed by atoms with van der Waals surface area (Å²) in [4.78, 5) is 19.1. The van der Waals surface area contributed by atoms with E-state index in [1.165, 1.54) is 19.0 Å². The van der Waals surface area contributed by atoms with E-state index in [-0.39, 0.29) is 5.56 Å². The molecule has 0 unspecified atom stereocenters. The lowest BCUT2D eigenvalue weighted by Gasteiger charge is -2.17. The Morgan fingerprint density at radius 2 is 1.88 bits per heavy atom. The Labute approximate surface area is 190 Å². The Morgan fingerprint density at radius 3 is 2.48 bits per heavy atom. The molecule has 0 aromatic heterocycles. The van der Waals surface area contributed by atoms with Crippen molar-refractivity contribution in [2.45, 2.75) is 19.0 Å². The van der Waals surface area contributed by atoms with Gasteiger partial charge in [-0.1, -0.05) is 0 Å². The minimum Gasteiger partial charge on any atom is -0.492 e. The number of benzene rings is 2. The van der Waals surface area contributed by atoms with Gasteiger partial charge in [-0.05, 0) is 80.7 Å². The van der Waals surface area contributed by atoms with Crippen molar-refractivity contribution in [2.75, 3.05) is 38.6 Å². The number of alkyl halides is 3. The maximum absolute atomic E-state index is 12.8. The van der Waals surface area contributed by atoms with Crippen LogP contribution in [-0.2, 0) is 6.18 Å². The van der Waals surface area contributed by atoms with Gasteiger partial charge in [0.25, 0.3) is 5.91 Å². The molecule has 0 bridgehead atoms. The molecule has 176 valence electrons. The maximum Gasteiger partial charge on any atom is 0.416 e. The van der Waals surface area contributed by atoms with Crippen LogP contribution in [0, 0.1) is 0 Å². The molecule has 0 saturated carbocycles. The second kappa shape index (κ2) is 11.0. The molecule has 3 N–H and O–H groups in total. The largest absolute Gasteiger partial charge is 0.492 e. The van der Waals surface area contributed by atoms with Crippen molar-refractivity contribution in [3.05, 3.63) is 71.4 Å². The van der Waals surface area contributed by atoms with Crippen molar-refractivity contribution in [1.29, 1.82) is 0 Å². The second-order valence-electron chi connectivity index (χ2n) is 7.61. The second-order valence-corrected chi connectivity index (χ2v) is 7.61. The maximum atomic E-state index is 12.8. The van der Waals surface area contributed by atoms with Gasteiger partial charge in [0.2, 0.25) is 0 Å². The van der Waals surface area contributed by atoms with Gasteiger partial charge >= 0.3 is 6.18 Å².